The molecule has 3 rings (SSSR count). The number of aromatic nitrogens is 1. The molecule has 0 radical (unpaired) electrons. The van der Waals surface area contributed by atoms with E-state index in [2.05, 4.69) is 11.4 Å². The Balaban J connectivity index is 1.94. The van der Waals surface area contributed by atoms with Crippen LogP contribution in [0, 0.1) is 11.3 Å². The number of hydrogen-bond acceptors (Lipinski definition) is 3. The number of nitriles is 1. The number of carbonyl (C=O) groups excluding carboxylic acids is 1. The van der Waals surface area contributed by atoms with Gasteiger partial charge in [-0.3, -0.25) is 4.79 Å². The van der Waals surface area contributed by atoms with Gasteiger partial charge in [0.1, 0.15) is 17.5 Å². The van der Waals surface area contributed by atoms with E-state index in [1.54, 1.807) is 16.8 Å². The zero-order chi connectivity index (χ0) is 15.5. The molecule has 1 saturated carbocycles. The number of nitrogens with one attached hydrogen (secondary N) is 1. The van der Waals surface area contributed by atoms with Gasteiger partial charge >= 0.3 is 0 Å². The number of rotatable bonds is 5. The molecule has 1 heterocycles. The van der Waals surface area contributed by atoms with Gasteiger partial charge in [0.15, 0.2) is 0 Å². The standard InChI is InChI=1S/C17H17N3O2/c1-2-22-15-7-5-14(6-8-15)20-10-9-12(11-18)16(20)17(21)19-13-3-4-13/h5-10,13H,2-4H2,1H3,(H,19,21). The van der Waals surface area contributed by atoms with E-state index in [0.29, 0.717) is 17.9 Å². The van der Waals surface area contributed by atoms with Crippen molar-refractivity contribution in [2.24, 2.45) is 0 Å². The third kappa shape index (κ3) is 2.82. The molecule has 112 valence electrons. The average molecular weight is 295 g/mol. The van der Waals surface area contributed by atoms with Gasteiger partial charge in [0.05, 0.1) is 12.2 Å². The van der Waals surface area contributed by atoms with Gasteiger partial charge in [0.2, 0.25) is 0 Å². The normalized spacial score (nSPS) is 13.5. The van der Waals surface area contributed by atoms with Crippen LogP contribution in [0.1, 0.15) is 35.8 Å². The van der Waals surface area contributed by atoms with Crippen molar-refractivity contribution >= 4 is 5.91 Å². The van der Waals surface area contributed by atoms with Crippen molar-refractivity contribution < 1.29 is 9.53 Å². The largest absolute Gasteiger partial charge is 0.494 e. The molecule has 5 nitrogen and oxygen atoms in total. The lowest BCUT2D eigenvalue weighted by atomic mass is 10.2. The van der Waals surface area contributed by atoms with Gasteiger partial charge in [0.25, 0.3) is 5.91 Å². The highest BCUT2D eigenvalue weighted by Crippen LogP contribution is 2.23. The fourth-order valence-corrected chi connectivity index (χ4v) is 2.32. The zero-order valence-electron chi connectivity index (χ0n) is 12.4. The van der Waals surface area contributed by atoms with E-state index in [0.717, 1.165) is 24.3 Å². The molecule has 1 amide bonds. The van der Waals surface area contributed by atoms with Gasteiger partial charge in [-0.25, -0.2) is 0 Å². The van der Waals surface area contributed by atoms with Crippen molar-refractivity contribution in [2.75, 3.05) is 6.61 Å². The van der Waals surface area contributed by atoms with Crippen molar-refractivity contribution in [2.45, 2.75) is 25.8 Å². The van der Waals surface area contributed by atoms with E-state index in [9.17, 15) is 10.1 Å². The lowest BCUT2D eigenvalue weighted by Gasteiger charge is -2.11. The summed E-state index contributed by atoms with van der Waals surface area (Å²) in [6.07, 6.45) is 3.77. The molecular formula is C17H17N3O2. The first kappa shape index (κ1) is 14.2. The van der Waals surface area contributed by atoms with Gasteiger partial charge in [-0.2, -0.15) is 5.26 Å². The van der Waals surface area contributed by atoms with Crippen LogP contribution >= 0.6 is 0 Å². The Morgan fingerprint density at radius 1 is 1.36 bits per heavy atom. The summed E-state index contributed by atoms with van der Waals surface area (Å²) in [6, 6.07) is 11.5. The quantitative estimate of drug-likeness (QED) is 0.922. The summed E-state index contributed by atoms with van der Waals surface area (Å²) in [4.78, 5) is 12.4. The molecule has 1 aliphatic rings. The minimum absolute atomic E-state index is 0.196. The molecule has 1 fully saturated rings. The van der Waals surface area contributed by atoms with Crippen molar-refractivity contribution in [3.05, 3.63) is 47.8 Å². The molecule has 0 saturated heterocycles. The highest BCUT2D eigenvalue weighted by molar-refractivity contribution is 5.96. The summed E-state index contributed by atoms with van der Waals surface area (Å²) in [5.41, 5.74) is 1.59. The van der Waals surface area contributed by atoms with E-state index >= 15 is 0 Å². The van der Waals surface area contributed by atoms with Crippen molar-refractivity contribution in [3.63, 3.8) is 0 Å². The van der Waals surface area contributed by atoms with E-state index in [1.165, 1.54) is 0 Å². The lowest BCUT2D eigenvalue weighted by molar-refractivity contribution is 0.0944. The van der Waals surface area contributed by atoms with Gasteiger partial charge in [0, 0.05) is 17.9 Å². The predicted octanol–water partition coefficient (Wildman–Crippen LogP) is 2.64. The molecular weight excluding hydrogens is 278 g/mol. The second-order valence-corrected chi connectivity index (χ2v) is 5.23. The summed E-state index contributed by atoms with van der Waals surface area (Å²) in [6.45, 7) is 2.54. The predicted molar refractivity (Wildman–Crippen MR) is 82.1 cm³/mol. The maximum Gasteiger partial charge on any atom is 0.269 e. The Morgan fingerprint density at radius 2 is 2.09 bits per heavy atom. The minimum Gasteiger partial charge on any atom is -0.494 e. The van der Waals surface area contributed by atoms with E-state index in [1.807, 2.05) is 31.2 Å². The van der Waals surface area contributed by atoms with Crippen molar-refractivity contribution in [1.82, 2.24) is 9.88 Å². The highest BCUT2D eigenvalue weighted by atomic mass is 16.5. The SMILES string of the molecule is CCOc1ccc(-n2ccc(C#N)c2C(=O)NC2CC2)cc1. The fourth-order valence-electron chi connectivity index (χ4n) is 2.32. The molecule has 1 aromatic heterocycles. The third-order valence-corrected chi connectivity index (χ3v) is 3.56. The molecule has 1 N–H and O–H groups in total. The minimum atomic E-state index is -0.196. The second-order valence-electron chi connectivity index (χ2n) is 5.23. The molecule has 22 heavy (non-hydrogen) atoms. The number of benzene rings is 1. The van der Waals surface area contributed by atoms with Crippen LogP contribution in [0.15, 0.2) is 36.5 Å². The van der Waals surface area contributed by atoms with Gasteiger partial charge in [-0.05, 0) is 50.1 Å². The molecule has 5 heteroatoms. The third-order valence-electron chi connectivity index (χ3n) is 3.56. The van der Waals surface area contributed by atoms with E-state index < -0.39 is 0 Å². The number of nitrogens with zero attached hydrogens (tertiary/aromatic N) is 2. The number of ether oxygens (including phenoxy) is 1. The Morgan fingerprint density at radius 3 is 2.68 bits per heavy atom. The highest BCUT2D eigenvalue weighted by Gasteiger charge is 2.27. The summed E-state index contributed by atoms with van der Waals surface area (Å²) < 4.78 is 7.16. The smallest absolute Gasteiger partial charge is 0.269 e. The first-order valence-electron chi connectivity index (χ1n) is 7.38. The monoisotopic (exact) mass is 295 g/mol. The topological polar surface area (TPSA) is 67.0 Å². The molecule has 0 spiro atoms. The lowest BCUT2D eigenvalue weighted by Crippen LogP contribution is -2.28. The van der Waals surface area contributed by atoms with Crippen LogP contribution in [-0.2, 0) is 0 Å². The fraction of sp³-hybridized carbons (Fsp3) is 0.294. The molecule has 1 aliphatic carbocycles. The Labute approximate surface area is 129 Å². The number of hydrogen-bond donors (Lipinski definition) is 1. The van der Waals surface area contributed by atoms with Crippen LogP contribution in [-0.4, -0.2) is 23.1 Å². The molecule has 0 unspecified atom stereocenters. The van der Waals surface area contributed by atoms with E-state index in [-0.39, 0.29) is 11.9 Å². The van der Waals surface area contributed by atoms with Gasteiger partial charge in [-0.15, -0.1) is 0 Å². The van der Waals surface area contributed by atoms with Crippen LogP contribution in [0.5, 0.6) is 5.75 Å². The summed E-state index contributed by atoms with van der Waals surface area (Å²) in [5.74, 6) is 0.584. The van der Waals surface area contributed by atoms with Crippen LogP contribution in [0.4, 0.5) is 0 Å². The molecule has 2 aromatic rings. The maximum absolute atomic E-state index is 12.4. The number of amides is 1. The molecule has 1 aromatic carbocycles. The Bertz CT molecular complexity index is 721. The van der Waals surface area contributed by atoms with Crippen LogP contribution in [0.25, 0.3) is 5.69 Å². The van der Waals surface area contributed by atoms with Crippen molar-refractivity contribution in [3.8, 4) is 17.5 Å². The second kappa shape index (κ2) is 5.94. The first-order valence-corrected chi connectivity index (χ1v) is 7.38. The van der Waals surface area contributed by atoms with Gasteiger partial charge in [-0.1, -0.05) is 0 Å². The van der Waals surface area contributed by atoms with Crippen LogP contribution in [0.3, 0.4) is 0 Å². The van der Waals surface area contributed by atoms with Crippen LogP contribution < -0.4 is 10.1 Å². The Hall–Kier alpha value is -2.74. The Kier molecular flexibility index (Phi) is 3.84. The summed E-state index contributed by atoms with van der Waals surface area (Å²) >= 11 is 0. The maximum atomic E-state index is 12.4. The molecule has 0 bridgehead atoms. The van der Waals surface area contributed by atoms with Crippen molar-refractivity contribution in [1.29, 1.82) is 5.26 Å². The summed E-state index contributed by atoms with van der Waals surface area (Å²) in [7, 11) is 0. The summed E-state index contributed by atoms with van der Waals surface area (Å²) in [5, 5.41) is 12.2. The molecule has 0 aliphatic heterocycles. The first-order chi connectivity index (χ1) is 10.7. The van der Waals surface area contributed by atoms with E-state index in [4.69, 9.17) is 4.74 Å². The number of carbonyl (C=O) groups is 1. The van der Waals surface area contributed by atoms with Crippen LogP contribution in [0.2, 0.25) is 0 Å². The van der Waals surface area contributed by atoms with Gasteiger partial charge < -0.3 is 14.6 Å². The average Bonchev–Trinajstić information content (AvgIpc) is 3.23. The zero-order valence-corrected chi connectivity index (χ0v) is 12.4. The molecule has 0 atom stereocenters.